The maximum atomic E-state index is 8.49. The van der Waals surface area contributed by atoms with Crippen LogP contribution in [0.25, 0.3) is 0 Å². The Kier molecular flexibility index (Phi) is 2.10. The molecule has 0 unspecified atom stereocenters. The molecule has 0 saturated heterocycles. The summed E-state index contributed by atoms with van der Waals surface area (Å²) in [6.45, 7) is 0.342. The molecule has 46 valence electrons. The van der Waals surface area contributed by atoms with Crippen LogP contribution in [0.2, 0.25) is 0 Å². The summed E-state index contributed by atoms with van der Waals surface area (Å²) in [5.41, 5.74) is 0. The van der Waals surface area contributed by atoms with Gasteiger partial charge in [0.15, 0.2) is 0 Å². The smallest absolute Gasteiger partial charge is 0.0436 e. The fourth-order valence-corrected chi connectivity index (χ4v) is 1.10. The number of hydrogen-bond donors (Lipinski definition) is 1. The molecule has 1 rings (SSSR count). The number of allylic oxidation sites excluding steroid dienone is 2. The minimum Gasteiger partial charge on any atom is -0.396 e. The van der Waals surface area contributed by atoms with Crippen LogP contribution in [0.15, 0.2) is 12.2 Å². The number of aliphatic hydroxyl groups is 1. The van der Waals surface area contributed by atoms with Gasteiger partial charge in [-0.3, -0.25) is 0 Å². The first kappa shape index (κ1) is 5.83. The average molecular weight is 112 g/mol. The maximum absolute atomic E-state index is 8.49. The Morgan fingerprint density at radius 3 is 3.00 bits per heavy atom. The predicted molar refractivity (Wildman–Crippen MR) is 33.6 cm³/mol. The van der Waals surface area contributed by atoms with E-state index in [0.717, 1.165) is 6.42 Å². The molecule has 0 amide bonds. The monoisotopic (exact) mass is 112 g/mol. The van der Waals surface area contributed by atoms with Crippen LogP contribution in [-0.4, -0.2) is 11.7 Å². The van der Waals surface area contributed by atoms with Crippen LogP contribution < -0.4 is 0 Å². The van der Waals surface area contributed by atoms with Crippen molar-refractivity contribution in [3.8, 4) is 0 Å². The van der Waals surface area contributed by atoms with Crippen molar-refractivity contribution in [2.75, 3.05) is 6.61 Å². The van der Waals surface area contributed by atoms with Gasteiger partial charge in [-0.25, -0.2) is 0 Å². The largest absolute Gasteiger partial charge is 0.396 e. The zero-order valence-electron chi connectivity index (χ0n) is 5.01. The van der Waals surface area contributed by atoms with E-state index in [9.17, 15) is 0 Å². The van der Waals surface area contributed by atoms with Crippen LogP contribution in [0.3, 0.4) is 0 Å². The Balaban J connectivity index is 2.16. The van der Waals surface area contributed by atoms with E-state index in [-0.39, 0.29) is 0 Å². The molecule has 0 radical (unpaired) electrons. The summed E-state index contributed by atoms with van der Waals surface area (Å²) < 4.78 is 0. The number of aliphatic hydroxyl groups excluding tert-OH is 1. The highest BCUT2D eigenvalue weighted by Crippen LogP contribution is 2.19. The Labute approximate surface area is 50.0 Å². The molecule has 0 fully saturated rings. The zero-order chi connectivity index (χ0) is 5.82. The molecule has 0 aliphatic heterocycles. The Hall–Kier alpha value is -0.300. The molecule has 0 aromatic heterocycles. The van der Waals surface area contributed by atoms with Gasteiger partial charge in [0.05, 0.1) is 0 Å². The van der Waals surface area contributed by atoms with Crippen LogP contribution in [0, 0.1) is 5.92 Å². The Morgan fingerprint density at radius 1 is 1.62 bits per heavy atom. The van der Waals surface area contributed by atoms with E-state index < -0.39 is 0 Å². The van der Waals surface area contributed by atoms with Gasteiger partial charge in [-0.05, 0) is 25.2 Å². The van der Waals surface area contributed by atoms with Crippen molar-refractivity contribution in [1.29, 1.82) is 0 Å². The first-order valence-corrected chi connectivity index (χ1v) is 3.21. The zero-order valence-corrected chi connectivity index (χ0v) is 5.01. The van der Waals surface area contributed by atoms with Gasteiger partial charge in [0.2, 0.25) is 0 Å². The maximum Gasteiger partial charge on any atom is 0.0436 e. The van der Waals surface area contributed by atoms with Crippen LogP contribution >= 0.6 is 0 Å². The molecule has 1 aliphatic rings. The predicted octanol–water partition coefficient (Wildman–Crippen LogP) is 1.33. The summed E-state index contributed by atoms with van der Waals surface area (Å²) in [5, 5.41) is 8.49. The van der Waals surface area contributed by atoms with E-state index in [1.165, 1.54) is 12.8 Å². The summed E-state index contributed by atoms with van der Waals surface area (Å²) >= 11 is 0. The SMILES string of the molecule is OCC[C@@H]1C=CCC1. The van der Waals surface area contributed by atoms with E-state index in [1.807, 2.05) is 0 Å². The highest BCUT2D eigenvalue weighted by molar-refractivity contribution is 4.95. The third kappa shape index (κ3) is 1.34. The molecule has 0 heterocycles. The van der Waals surface area contributed by atoms with Crippen molar-refractivity contribution in [2.24, 2.45) is 5.92 Å². The molecular weight excluding hydrogens is 100 g/mol. The van der Waals surface area contributed by atoms with Crippen LogP contribution in [0.1, 0.15) is 19.3 Å². The second kappa shape index (κ2) is 2.88. The van der Waals surface area contributed by atoms with Gasteiger partial charge >= 0.3 is 0 Å². The Bertz CT molecular complexity index is 86.4. The molecule has 1 nitrogen and oxygen atoms in total. The summed E-state index contributed by atoms with van der Waals surface area (Å²) in [6.07, 6.45) is 7.82. The van der Waals surface area contributed by atoms with E-state index >= 15 is 0 Å². The molecule has 1 aliphatic carbocycles. The topological polar surface area (TPSA) is 20.2 Å². The van der Waals surface area contributed by atoms with Crippen molar-refractivity contribution in [3.63, 3.8) is 0 Å². The van der Waals surface area contributed by atoms with Crippen molar-refractivity contribution in [1.82, 2.24) is 0 Å². The van der Waals surface area contributed by atoms with Crippen LogP contribution in [0.4, 0.5) is 0 Å². The first-order valence-electron chi connectivity index (χ1n) is 3.21. The van der Waals surface area contributed by atoms with Crippen molar-refractivity contribution >= 4 is 0 Å². The van der Waals surface area contributed by atoms with E-state index in [0.29, 0.717) is 12.5 Å². The fourth-order valence-electron chi connectivity index (χ4n) is 1.10. The molecule has 1 N–H and O–H groups in total. The molecule has 0 aromatic carbocycles. The summed E-state index contributed by atoms with van der Waals surface area (Å²) in [5.74, 6) is 0.681. The third-order valence-electron chi connectivity index (χ3n) is 1.61. The molecule has 0 aromatic rings. The minimum absolute atomic E-state index is 0.342. The van der Waals surface area contributed by atoms with E-state index in [1.54, 1.807) is 0 Å². The van der Waals surface area contributed by atoms with Gasteiger partial charge in [-0.2, -0.15) is 0 Å². The third-order valence-corrected chi connectivity index (χ3v) is 1.61. The van der Waals surface area contributed by atoms with E-state index in [2.05, 4.69) is 12.2 Å². The standard InChI is InChI=1S/C7H12O/c8-6-5-7-3-1-2-4-7/h1,3,7-8H,2,4-6H2/t7-/m1/s1. The highest BCUT2D eigenvalue weighted by atomic mass is 16.3. The molecule has 1 heteroatoms. The quantitative estimate of drug-likeness (QED) is 0.534. The molecular formula is C7H12O. The lowest BCUT2D eigenvalue weighted by molar-refractivity contribution is 0.269. The number of hydrogen-bond acceptors (Lipinski definition) is 1. The number of rotatable bonds is 2. The summed E-state index contributed by atoms with van der Waals surface area (Å²) in [7, 11) is 0. The molecule has 0 bridgehead atoms. The minimum atomic E-state index is 0.342. The van der Waals surface area contributed by atoms with Crippen molar-refractivity contribution < 1.29 is 5.11 Å². The van der Waals surface area contributed by atoms with Gasteiger partial charge in [-0.1, -0.05) is 12.2 Å². The van der Waals surface area contributed by atoms with Crippen LogP contribution in [0.5, 0.6) is 0 Å². The lowest BCUT2D eigenvalue weighted by atomic mass is 10.1. The normalized spacial score (nSPS) is 26.9. The molecule has 0 spiro atoms. The molecule has 1 atom stereocenters. The average Bonchev–Trinajstić information content (AvgIpc) is 2.19. The summed E-state index contributed by atoms with van der Waals surface area (Å²) in [6, 6.07) is 0. The van der Waals surface area contributed by atoms with Gasteiger partial charge in [0.1, 0.15) is 0 Å². The Morgan fingerprint density at radius 2 is 2.50 bits per heavy atom. The van der Waals surface area contributed by atoms with E-state index in [4.69, 9.17) is 5.11 Å². The second-order valence-electron chi connectivity index (χ2n) is 2.28. The lowest BCUT2D eigenvalue weighted by Gasteiger charge is -2.01. The summed E-state index contributed by atoms with van der Waals surface area (Å²) in [4.78, 5) is 0. The van der Waals surface area contributed by atoms with Gasteiger partial charge in [-0.15, -0.1) is 0 Å². The van der Waals surface area contributed by atoms with Crippen LogP contribution in [-0.2, 0) is 0 Å². The van der Waals surface area contributed by atoms with Crippen molar-refractivity contribution in [3.05, 3.63) is 12.2 Å². The lowest BCUT2D eigenvalue weighted by Crippen LogP contribution is -1.94. The molecule has 8 heavy (non-hydrogen) atoms. The highest BCUT2D eigenvalue weighted by Gasteiger charge is 2.06. The van der Waals surface area contributed by atoms with Gasteiger partial charge in [0.25, 0.3) is 0 Å². The van der Waals surface area contributed by atoms with Gasteiger partial charge in [0, 0.05) is 6.61 Å². The van der Waals surface area contributed by atoms with Crippen molar-refractivity contribution in [2.45, 2.75) is 19.3 Å². The molecule has 0 saturated carbocycles. The second-order valence-corrected chi connectivity index (χ2v) is 2.28. The fraction of sp³-hybridized carbons (Fsp3) is 0.714. The van der Waals surface area contributed by atoms with Gasteiger partial charge < -0.3 is 5.11 Å². The first-order chi connectivity index (χ1) is 3.93.